The molecular weight excluding hydrogens is 450 g/mol. The first-order valence-corrected chi connectivity index (χ1v) is 12.5. The number of sulfone groups is 1. The molecule has 1 aliphatic heterocycles. The van der Waals surface area contributed by atoms with Gasteiger partial charge in [0.1, 0.15) is 5.60 Å². The molecule has 172 valence electrons. The van der Waals surface area contributed by atoms with Crippen molar-refractivity contribution in [2.75, 3.05) is 13.1 Å². The Bertz CT molecular complexity index is 1490. The molecule has 2 aromatic heterocycles. The van der Waals surface area contributed by atoms with Crippen LogP contribution in [0.1, 0.15) is 27.2 Å². The molecule has 3 heterocycles. The summed E-state index contributed by atoms with van der Waals surface area (Å²) in [5.41, 5.74) is 1.83. The Hall–Kier alpha value is -3.62. The first kappa shape index (κ1) is 22.2. The van der Waals surface area contributed by atoms with E-state index in [2.05, 4.69) is 9.97 Å². The smallest absolute Gasteiger partial charge is 0.254 e. The number of fused-ring (bicyclic) bond motifs is 1. The van der Waals surface area contributed by atoms with Crippen molar-refractivity contribution in [3.05, 3.63) is 102 Å². The Morgan fingerprint density at radius 2 is 1.65 bits per heavy atom. The van der Waals surface area contributed by atoms with Crippen LogP contribution in [0.2, 0.25) is 0 Å². The van der Waals surface area contributed by atoms with E-state index in [0.29, 0.717) is 16.6 Å². The topological polar surface area (TPSA) is 100 Å². The van der Waals surface area contributed by atoms with Gasteiger partial charge in [-0.3, -0.25) is 14.8 Å². The maximum absolute atomic E-state index is 13.1. The number of rotatable bonds is 5. The Labute approximate surface area is 197 Å². The molecule has 7 nitrogen and oxygen atoms in total. The molecule has 0 radical (unpaired) electrons. The zero-order valence-electron chi connectivity index (χ0n) is 18.5. The number of hydrogen-bond acceptors (Lipinski definition) is 6. The average Bonchev–Trinajstić information content (AvgIpc) is 2.82. The van der Waals surface area contributed by atoms with Crippen molar-refractivity contribution in [2.45, 2.75) is 23.2 Å². The summed E-state index contributed by atoms with van der Waals surface area (Å²) in [5, 5.41) is 11.6. The monoisotopic (exact) mass is 473 g/mol. The van der Waals surface area contributed by atoms with E-state index in [1.807, 2.05) is 25.1 Å². The number of pyridine rings is 2. The van der Waals surface area contributed by atoms with Crippen molar-refractivity contribution in [1.82, 2.24) is 14.9 Å². The van der Waals surface area contributed by atoms with Gasteiger partial charge in [-0.2, -0.15) is 0 Å². The standard InChI is InChI=1S/C26H23N3O4S/c1-18-22(7-4-13-27-18)26(31)16-29(17-26)25(30)21-11-9-19(10-12-21)15-34(32,33)23-8-2-5-20-6-3-14-28-24(20)23/h2-14,31H,15-17H2,1H3. The van der Waals surface area contributed by atoms with Crippen molar-refractivity contribution in [3.8, 4) is 0 Å². The van der Waals surface area contributed by atoms with Gasteiger partial charge >= 0.3 is 0 Å². The van der Waals surface area contributed by atoms with Gasteiger partial charge in [0.2, 0.25) is 0 Å². The SMILES string of the molecule is Cc1ncccc1C1(O)CN(C(=O)c2ccc(CS(=O)(=O)c3cccc4cccnc34)cc2)C1. The van der Waals surface area contributed by atoms with Crippen molar-refractivity contribution < 1.29 is 18.3 Å². The molecule has 2 aromatic carbocycles. The van der Waals surface area contributed by atoms with Crippen LogP contribution in [0.25, 0.3) is 10.9 Å². The number of amides is 1. The molecule has 1 N–H and O–H groups in total. The van der Waals surface area contributed by atoms with Gasteiger partial charge in [0.05, 0.1) is 29.3 Å². The average molecular weight is 474 g/mol. The molecule has 0 unspecified atom stereocenters. The number of benzene rings is 2. The van der Waals surface area contributed by atoms with Crippen LogP contribution in [0.5, 0.6) is 0 Å². The largest absolute Gasteiger partial charge is 0.381 e. The number of hydrogen-bond donors (Lipinski definition) is 1. The molecule has 5 rings (SSSR count). The number of aryl methyl sites for hydroxylation is 1. The number of para-hydroxylation sites is 1. The van der Waals surface area contributed by atoms with E-state index in [4.69, 9.17) is 0 Å². The normalized spacial score (nSPS) is 15.2. The molecule has 0 spiro atoms. The lowest BCUT2D eigenvalue weighted by atomic mass is 9.85. The third-order valence-electron chi connectivity index (χ3n) is 6.19. The van der Waals surface area contributed by atoms with Gasteiger partial charge in [-0.25, -0.2) is 8.42 Å². The molecule has 1 fully saturated rings. The molecule has 1 saturated heterocycles. The highest BCUT2D eigenvalue weighted by Crippen LogP contribution is 2.34. The van der Waals surface area contributed by atoms with E-state index in [1.165, 1.54) is 0 Å². The molecule has 0 bridgehead atoms. The quantitative estimate of drug-likeness (QED) is 0.478. The summed E-state index contributed by atoms with van der Waals surface area (Å²) in [6.07, 6.45) is 3.25. The molecule has 0 saturated carbocycles. The Morgan fingerprint density at radius 1 is 0.971 bits per heavy atom. The highest BCUT2D eigenvalue weighted by Gasteiger charge is 2.46. The summed E-state index contributed by atoms with van der Waals surface area (Å²) in [5.74, 6) is -0.403. The predicted molar refractivity (Wildman–Crippen MR) is 128 cm³/mol. The Morgan fingerprint density at radius 3 is 2.38 bits per heavy atom. The van der Waals surface area contributed by atoms with Crippen molar-refractivity contribution in [2.24, 2.45) is 0 Å². The number of aromatic nitrogens is 2. The van der Waals surface area contributed by atoms with Crippen molar-refractivity contribution in [1.29, 1.82) is 0 Å². The van der Waals surface area contributed by atoms with Gasteiger partial charge < -0.3 is 10.0 Å². The Balaban J connectivity index is 1.30. The second kappa shape index (κ2) is 8.30. The van der Waals surface area contributed by atoms with Crippen LogP contribution in [0, 0.1) is 6.92 Å². The van der Waals surface area contributed by atoms with Crippen LogP contribution in [0.4, 0.5) is 0 Å². The number of aliphatic hydroxyl groups is 1. The first-order valence-electron chi connectivity index (χ1n) is 10.9. The molecule has 0 atom stereocenters. The maximum Gasteiger partial charge on any atom is 0.254 e. The Kier molecular flexibility index (Phi) is 5.42. The molecule has 0 aliphatic carbocycles. The van der Waals surface area contributed by atoms with Crippen LogP contribution in [-0.2, 0) is 21.2 Å². The predicted octanol–water partition coefficient (Wildman–Crippen LogP) is 3.26. The molecule has 8 heteroatoms. The number of carbonyl (C=O) groups is 1. The van der Waals surface area contributed by atoms with Gasteiger partial charge in [-0.1, -0.05) is 36.4 Å². The van der Waals surface area contributed by atoms with Crippen LogP contribution >= 0.6 is 0 Å². The fraction of sp³-hybridized carbons (Fsp3) is 0.192. The second-order valence-electron chi connectivity index (χ2n) is 8.62. The minimum atomic E-state index is -3.63. The van der Waals surface area contributed by atoms with E-state index in [-0.39, 0.29) is 29.6 Å². The molecular formula is C26H23N3O4S. The van der Waals surface area contributed by atoms with Crippen molar-refractivity contribution in [3.63, 3.8) is 0 Å². The lowest BCUT2D eigenvalue weighted by molar-refractivity contribution is -0.0869. The fourth-order valence-electron chi connectivity index (χ4n) is 4.43. The lowest BCUT2D eigenvalue weighted by Crippen LogP contribution is -2.61. The van der Waals surface area contributed by atoms with E-state index >= 15 is 0 Å². The van der Waals surface area contributed by atoms with Crippen LogP contribution in [0.15, 0.2) is 84.0 Å². The van der Waals surface area contributed by atoms with Crippen molar-refractivity contribution >= 4 is 26.6 Å². The highest BCUT2D eigenvalue weighted by atomic mass is 32.2. The van der Waals surface area contributed by atoms with Crippen LogP contribution in [-0.4, -0.2) is 47.4 Å². The van der Waals surface area contributed by atoms with E-state index in [1.54, 1.807) is 65.8 Å². The lowest BCUT2D eigenvalue weighted by Gasteiger charge is -2.47. The third-order valence-corrected chi connectivity index (χ3v) is 7.90. The molecule has 1 amide bonds. The van der Waals surface area contributed by atoms with Crippen LogP contribution in [0.3, 0.4) is 0 Å². The highest BCUT2D eigenvalue weighted by molar-refractivity contribution is 7.90. The van der Waals surface area contributed by atoms with E-state index in [0.717, 1.165) is 16.6 Å². The maximum atomic E-state index is 13.1. The zero-order chi connectivity index (χ0) is 23.9. The second-order valence-corrected chi connectivity index (χ2v) is 10.6. The van der Waals surface area contributed by atoms with Gasteiger partial charge in [0.15, 0.2) is 9.84 Å². The molecule has 34 heavy (non-hydrogen) atoms. The van der Waals surface area contributed by atoms with Crippen LogP contribution < -0.4 is 0 Å². The molecule has 1 aliphatic rings. The van der Waals surface area contributed by atoms with Gasteiger partial charge in [-0.05, 0) is 42.8 Å². The van der Waals surface area contributed by atoms with Gasteiger partial charge in [-0.15, -0.1) is 0 Å². The minimum Gasteiger partial charge on any atom is -0.381 e. The van der Waals surface area contributed by atoms with E-state index < -0.39 is 15.4 Å². The summed E-state index contributed by atoms with van der Waals surface area (Å²) >= 11 is 0. The number of carbonyl (C=O) groups excluding carboxylic acids is 1. The summed E-state index contributed by atoms with van der Waals surface area (Å²) in [6.45, 7) is 2.20. The summed E-state index contributed by atoms with van der Waals surface area (Å²) < 4.78 is 26.2. The summed E-state index contributed by atoms with van der Waals surface area (Å²) in [7, 11) is -3.63. The molecule has 4 aromatic rings. The zero-order valence-corrected chi connectivity index (χ0v) is 19.4. The fourth-order valence-corrected chi connectivity index (χ4v) is 5.96. The summed E-state index contributed by atoms with van der Waals surface area (Å²) in [6, 6.07) is 18.9. The van der Waals surface area contributed by atoms with Gasteiger partial charge in [0.25, 0.3) is 5.91 Å². The minimum absolute atomic E-state index is 0.183. The number of likely N-dealkylation sites (tertiary alicyclic amines) is 1. The number of β-amino-alcohol motifs (C(OH)–C–C–N with tert-alkyl or cyclic N) is 1. The first-order chi connectivity index (χ1) is 16.3. The number of nitrogens with zero attached hydrogens (tertiary/aromatic N) is 3. The van der Waals surface area contributed by atoms with E-state index in [9.17, 15) is 18.3 Å². The third kappa shape index (κ3) is 3.95. The summed E-state index contributed by atoms with van der Waals surface area (Å²) in [4.78, 5) is 23.1. The van der Waals surface area contributed by atoms with Gasteiger partial charge in [0, 0.05) is 34.6 Å².